The summed E-state index contributed by atoms with van der Waals surface area (Å²) in [6, 6.07) is 24.7. The summed E-state index contributed by atoms with van der Waals surface area (Å²) >= 11 is 0. The molecule has 0 aliphatic carbocycles. The fourth-order valence-corrected chi connectivity index (χ4v) is 4.54. The number of phenolic OH excluding ortho intramolecular Hbond substituents is 2. The van der Waals surface area contributed by atoms with E-state index in [1.165, 1.54) is 24.3 Å². The average molecular weight is 580 g/mol. The number of amides is 3. The molecule has 9 nitrogen and oxygen atoms in total. The van der Waals surface area contributed by atoms with Crippen molar-refractivity contribution in [1.29, 1.82) is 0 Å². The van der Waals surface area contributed by atoms with Crippen molar-refractivity contribution in [2.75, 3.05) is 5.32 Å². The van der Waals surface area contributed by atoms with E-state index in [1.54, 1.807) is 57.2 Å². The SMILES string of the molecule is C#CN(C(=O)C(Cc1ccc(O)cc1)NC(=O)OC(C)(C)C)C(C(=O)Nc1ccc2ccccc2c1)c1ccccc1O. The molecule has 0 fully saturated rings. The Morgan fingerprint density at radius 2 is 1.56 bits per heavy atom. The zero-order valence-electron chi connectivity index (χ0n) is 24.1. The number of rotatable bonds is 8. The number of carbonyl (C=O) groups excluding carboxylic acids is 3. The standard InChI is InChI=1S/C34H33N3O6/c1-5-37(32(41)28(36-33(42)43-34(2,3)4)20-22-14-18-26(38)19-15-22)30(27-12-8-9-13-29(27)39)31(40)35-25-17-16-23-10-6-7-11-24(23)21-25/h1,6-19,21,28,30,38-39H,20H2,2-4H3,(H,35,40)(H,36,42). The summed E-state index contributed by atoms with van der Waals surface area (Å²) in [5.74, 6) is -1.68. The Morgan fingerprint density at radius 1 is 0.907 bits per heavy atom. The van der Waals surface area contributed by atoms with Gasteiger partial charge in [-0.25, -0.2) is 4.79 Å². The summed E-state index contributed by atoms with van der Waals surface area (Å²) < 4.78 is 5.38. The van der Waals surface area contributed by atoms with Crippen molar-refractivity contribution in [2.24, 2.45) is 0 Å². The highest BCUT2D eigenvalue weighted by Gasteiger charge is 2.37. The molecule has 0 saturated carbocycles. The van der Waals surface area contributed by atoms with Gasteiger partial charge in [-0.2, -0.15) is 0 Å². The van der Waals surface area contributed by atoms with E-state index in [-0.39, 0.29) is 23.5 Å². The number of anilines is 1. The minimum Gasteiger partial charge on any atom is -0.508 e. The van der Waals surface area contributed by atoms with E-state index in [2.05, 4.69) is 16.7 Å². The molecule has 0 heterocycles. The molecule has 4 aromatic carbocycles. The van der Waals surface area contributed by atoms with Crippen LogP contribution in [0.5, 0.6) is 11.5 Å². The summed E-state index contributed by atoms with van der Waals surface area (Å²) in [5, 5.41) is 27.7. The number of nitrogens with one attached hydrogen (secondary N) is 2. The molecule has 9 heteroatoms. The van der Waals surface area contributed by atoms with Crippen LogP contribution < -0.4 is 10.6 Å². The lowest BCUT2D eigenvalue weighted by atomic mass is 10.00. The third-order valence-electron chi connectivity index (χ3n) is 6.50. The lowest BCUT2D eigenvalue weighted by molar-refractivity contribution is -0.136. The van der Waals surface area contributed by atoms with Crippen molar-refractivity contribution in [3.05, 3.63) is 102 Å². The molecule has 0 aromatic heterocycles. The van der Waals surface area contributed by atoms with Crippen molar-refractivity contribution < 1.29 is 29.3 Å². The molecule has 0 bridgehead atoms. The van der Waals surface area contributed by atoms with Crippen molar-refractivity contribution in [3.8, 4) is 24.0 Å². The van der Waals surface area contributed by atoms with E-state index in [1.807, 2.05) is 30.3 Å². The van der Waals surface area contributed by atoms with Crippen LogP contribution in [0, 0.1) is 12.5 Å². The Labute approximate surface area is 250 Å². The van der Waals surface area contributed by atoms with Crippen molar-refractivity contribution in [2.45, 2.75) is 44.9 Å². The molecule has 0 saturated heterocycles. The normalized spacial score (nSPS) is 12.4. The number of carbonyl (C=O) groups is 3. The molecule has 4 rings (SSSR count). The maximum Gasteiger partial charge on any atom is 0.408 e. The van der Waals surface area contributed by atoms with Gasteiger partial charge in [0.2, 0.25) is 0 Å². The largest absolute Gasteiger partial charge is 0.508 e. The molecule has 4 N–H and O–H groups in total. The molecular weight excluding hydrogens is 546 g/mol. The highest BCUT2D eigenvalue weighted by molar-refractivity contribution is 6.01. The van der Waals surface area contributed by atoms with Crippen LogP contribution in [0.3, 0.4) is 0 Å². The predicted octanol–water partition coefficient (Wildman–Crippen LogP) is 5.49. The van der Waals surface area contributed by atoms with Gasteiger partial charge in [-0.05, 0) is 67.4 Å². The van der Waals surface area contributed by atoms with Crippen LogP contribution in [0.15, 0.2) is 91.0 Å². The molecule has 3 amide bonds. The third-order valence-corrected chi connectivity index (χ3v) is 6.50. The van der Waals surface area contributed by atoms with Crippen LogP contribution in [0.2, 0.25) is 0 Å². The van der Waals surface area contributed by atoms with Crippen LogP contribution in [0.1, 0.15) is 37.9 Å². The van der Waals surface area contributed by atoms with Gasteiger partial charge in [-0.15, -0.1) is 0 Å². The number of hydrogen-bond acceptors (Lipinski definition) is 6. The minimum absolute atomic E-state index is 0.0296. The number of aromatic hydroxyl groups is 2. The van der Waals surface area contributed by atoms with Crippen LogP contribution in [-0.2, 0) is 20.7 Å². The number of fused-ring (bicyclic) bond motifs is 1. The minimum atomic E-state index is -1.46. The van der Waals surface area contributed by atoms with Crippen LogP contribution in [0.25, 0.3) is 10.8 Å². The molecule has 220 valence electrons. The van der Waals surface area contributed by atoms with Crippen LogP contribution in [-0.4, -0.2) is 44.7 Å². The van der Waals surface area contributed by atoms with E-state index in [0.29, 0.717) is 11.3 Å². The Balaban J connectivity index is 1.71. The van der Waals surface area contributed by atoms with Gasteiger partial charge in [0.1, 0.15) is 23.1 Å². The zero-order valence-corrected chi connectivity index (χ0v) is 24.1. The number of benzene rings is 4. The number of nitrogens with zero attached hydrogens (tertiary/aromatic N) is 1. The lowest BCUT2D eigenvalue weighted by Gasteiger charge is -2.30. The Morgan fingerprint density at radius 3 is 2.21 bits per heavy atom. The average Bonchev–Trinajstić information content (AvgIpc) is 2.96. The molecule has 0 radical (unpaired) electrons. The highest BCUT2D eigenvalue weighted by Crippen LogP contribution is 2.31. The summed E-state index contributed by atoms with van der Waals surface area (Å²) in [6.07, 6.45) is 4.98. The second-order valence-corrected chi connectivity index (χ2v) is 10.9. The van der Waals surface area contributed by atoms with Crippen LogP contribution >= 0.6 is 0 Å². The molecule has 0 aliphatic rings. The first-order valence-corrected chi connectivity index (χ1v) is 13.6. The van der Waals surface area contributed by atoms with Gasteiger partial charge < -0.3 is 25.6 Å². The zero-order chi connectivity index (χ0) is 31.1. The van der Waals surface area contributed by atoms with E-state index >= 15 is 0 Å². The van der Waals surface area contributed by atoms with E-state index in [9.17, 15) is 24.6 Å². The number of alkyl carbamates (subject to hydrolysis) is 1. The molecule has 43 heavy (non-hydrogen) atoms. The second-order valence-electron chi connectivity index (χ2n) is 10.9. The number of terminal acetylenes is 1. The maximum atomic E-state index is 14.1. The van der Waals surface area contributed by atoms with Gasteiger partial charge in [-0.1, -0.05) is 67.1 Å². The first-order valence-electron chi connectivity index (χ1n) is 13.6. The molecular formula is C34H33N3O6. The van der Waals surface area contributed by atoms with E-state index in [0.717, 1.165) is 15.7 Å². The quantitative estimate of drug-likeness (QED) is 0.162. The number of para-hydroxylation sites is 1. The Kier molecular flexibility index (Phi) is 9.21. The van der Waals surface area contributed by atoms with Gasteiger partial charge in [0.05, 0.1) is 0 Å². The van der Waals surface area contributed by atoms with Gasteiger partial charge in [-0.3, -0.25) is 14.5 Å². The van der Waals surface area contributed by atoms with Gasteiger partial charge >= 0.3 is 6.09 Å². The smallest absolute Gasteiger partial charge is 0.408 e. The monoisotopic (exact) mass is 579 g/mol. The fraction of sp³-hybridized carbons (Fsp3) is 0.206. The van der Waals surface area contributed by atoms with Gasteiger partial charge in [0.15, 0.2) is 6.04 Å². The molecule has 0 spiro atoms. The topological polar surface area (TPSA) is 128 Å². The molecule has 2 unspecified atom stereocenters. The van der Waals surface area contributed by atoms with Gasteiger partial charge in [0, 0.05) is 23.7 Å². The van der Waals surface area contributed by atoms with Crippen LogP contribution in [0.4, 0.5) is 10.5 Å². The van der Waals surface area contributed by atoms with E-state index < -0.39 is 35.6 Å². The highest BCUT2D eigenvalue weighted by atomic mass is 16.6. The number of hydrogen-bond donors (Lipinski definition) is 4. The number of phenols is 2. The lowest BCUT2D eigenvalue weighted by Crippen LogP contribution is -2.51. The molecule has 0 aliphatic heterocycles. The summed E-state index contributed by atoms with van der Waals surface area (Å²) in [4.78, 5) is 41.6. The molecule has 4 aromatic rings. The summed E-state index contributed by atoms with van der Waals surface area (Å²) in [6.45, 7) is 5.05. The number of ether oxygens (including phenoxy) is 1. The van der Waals surface area contributed by atoms with Crippen molar-refractivity contribution >= 4 is 34.4 Å². The fourth-order valence-electron chi connectivity index (χ4n) is 4.54. The Bertz CT molecular complexity index is 1670. The third kappa shape index (κ3) is 7.83. The van der Waals surface area contributed by atoms with E-state index in [4.69, 9.17) is 11.2 Å². The van der Waals surface area contributed by atoms with Crippen molar-refractivity contribution in [1.82, 2.24) is 10.2 Å². The predicted molar refractivity (Wildman–Crippen MR) is 164 cm³/mol. The summed E-state index contributed by atoms with van der Waals surface area (Å²) in [7, 11) is 0. The van der Waals surface area contributed by atoms with Gasteiger partial charge in [0.25, 0.3) is 11.8 Å². The summed E-state index contributed by atoms with van der Waals surface area (Å²) in [5.41, 5.74) is 0.304. The first-order chi connectivity index (χ1) is 20.4. The first kappa shape index (κ1) is 30.5. The molecule has 2 atom stereocenters. The Hall–Kier alpha value is -5.49. The van der Waals surface area contributed by atoms with Crippen molar-refractivity contribution in [3.63, 3.8) is 0 Å². The second kappa shape index (κ2) is 13.0. The maximum absolute atomic E-state index is 14.1.